The molecule has 0 spiro atoms. The molecule has 2 N–H and O–H groups in total. The molecule has 0 saturated carbocycles. The molecule has 1 aromatic carbocycles. The number of carbonyl (C=O) groups excluding carboxylic acids is 1. The first-order valence-corrected chi connectivity index (χ1v) is 6.59. The Bertz CT molecular complexity index is 440. The van der Waals surface area contributed by atoms with Crippen molar-refractivity contribution in [2.45, 2.75) is 45.2 Å². The Balaban J connectivity index is 2.05. The van der Waals surface area contributed by atoms with Crippen LogP contribution in [-0.2, 0) is 0 Å². The van der Waals surface area contributed by atoms with Crippen molar-refractivity contribution in [3.05, 3.63) is 29.8 Å². The van der Waals surface area contributed by atoms with Crippen LogP contribution in [0.1, 0.15) is 44.0 Å². The molecule has 1 unspecified atom stereocenters. The van der Waals surface area contributed by atoms with Crippen LogP contribution in [0.5, 0.6) is 0 Å². The summed E-state index contributed by atoms with van der Waals surface area (Å²) >= 11 is 0. The van der Waals surface area contributed by atoms with Gasteiger partial charge >= 0.3 is 0 Å². The predicted molar refractivity (Wildman–Crippen MR) is 75.2 cm³/mol. The van der Waals surface area contributed by atoms with Gasteiger partial charge in [-0.15, -0.1) is 0 Å². The van der Waals surface area contributed by atoms with E-state index in [2.05, 4.69) is 24.5 Å². The highest BCUT2D eigenvalue weighted by Crippen LogP contribution is 2.22. The van der Waals surface area contributed by atoms with Crippen molar-refractivity contribution in [3.8, 4) is 0 Å². The minimum absolute atomic E-state index is 0.115. The molecule has 0 bridgehead atoms. The molecule has 1 aliphatic heterocycles. The van der Waals surface area contributed by atoms with Crippen LogP contribution < -0.4 is 10.6 Å². The molecule has 3 nitrogen and oxygen atoms in total. The van der Waals surface area contributed by atoms with E-state index in [1.54, 1.807) is 6.92 Å². The molecule has 0 aliphatic carbocycles. The SMILES string of the molecule is CC(=O)c1cccc(NC2CCNC(C)(C)C2)c1. The van der Waals surface area contributed by atoms with Gasteiger partial charge in [-0.2, -0.15) is 0 Å². The van der Waals surface area contributed by atoms with Crippen molar-refractivity contribution >= 4 is 11.5 Å². The smallest absolute Gasteiger partial charge is 0.159 e. The van der Waals surface area contributed by atoms with E-state index in [9.17, 15) is 4.79 Å². The summed E-state index contributed by atoms with van der Waals surface area (Å²) in [4.78, 5) is 11.4. The number of benzene rings is 1. The maximum absolute atomic E-state index is 11.4. The third-order valence-corrected chi connectivity index (χ3v) is 3.49. The fourth-order valence-electron chi connectivity index (χ4n) is 2.56. The average Bonchev–Trinajstić information content (AvgIpc) is 2.28. The van der Waals surface area contributed by atoms with Gasteiger partial charge in [0.1, 0.15) is 0 Å². The first-order valence-electron chi connectivity index (χ1n) is 6.59. The number of hydrogen-bond acceptors (Lipinski definition) is 3. The summed E-state index contributed by atoms with van der Waals surface area (Å²) in [5, 5.41) is 7.05. The van der Waals surface area contributed by atoms with E-state index in [1.165, 1.54) is 0 Å². The fourth-order valence-corrected chi connectivity index (χ4v) is 2.56. The minimum atomic E-state index is 0.115. The largest absolute Gasteiger partial charge is 0.382 e. The number of carbonyl (C=O) groups is 1. The molecule has 1 atom stereocenters. The zero-order chi connectivity index (χ0) is 13.2. The summed E-state index contributed by atoms with van der Waals surface area (Å²) in [5.41, 5.74) is 2.01. The van der Waals surface area contributed by atoms with Gasteiger partial charge in [0.2, 0.25) is 0 Å². The maximum Gasteiger partial charge on any atom is 0.159 e. The van der Waals surface area contributed by atoms with Crippen molar-refractivity contribution in [2.24, 2.45) is 0 Å². The van der Waals surface area contributed by atoms with Gasteiger partial charge in [0, 0.05) is 22.8 Å². The molecule has 3 heteroatoms. The second-order valence-electron chi connectivity index (χ2n) is 5.78. The van der Waals surface area contributed by atoms with Crippen LogP contribution in [0.4, 0.5) is 5.69 Å². The van der Waals surface area contributed by atoms with Crippen LogP contribution in [-0.4, -0.2) is 23.9 Å². The zero-order valence-corrected chi connectivity index (χ0v) is 11.4. The normalized spacial score (nSPS) is 22.5. The van der Waals surface area contributed by atoms with E-state index < -0.39 is 0 Å². The molecule has 1 heterocycles. The number of piperidine rings is 1. The minimum Gasteiger partial charge on any atom is -0.382 e. The summed E-state index contributed by atoms with van der Waals surface area (Å²) in [6, 6.07) is 8.24. The van der Waals surface area contributed by atoms with E-state index in [0.29, 0.717) is 6.04 Å². The third kappa shape index (κ3) is 3.33. The average molecular weight is 246 g/mol. The maximum atomic E-state index is 11.4. The summed E-state index contributed by atoms with van der Waals surface area (Å²) in [6.45, 7) is 7.10. The third-order valence-electron chi connectivity index (χ3n) is 3.49. The van der Waals surface area contributed by atoms with Crippen molar-refractivity contribution in [1.82, 2.24) is 5.32 Å². The number of anilines is 1. The lowest BCUT2D eigenvalue weighted by molar-refractivity contribution is 0.101. The van der Waals surface area contributed by atoms with Gasteiger partial charge in [0.25, 0.3) is 0 Å². The summed E-state index contributed by atoms with van der Waals surface area (Å²) in [5.74, 6) is 0.115. The molecule has 1 fully saturated rings. The van der Waals surface area contributed by atoms with Crippen LogP contribution in [0.2, 0.25) is 0 Å². The highest BCUT2D eigenvalue weighted by molar-refractivity contribution is 5.94. The number of nitrogens with one attached hydrogen (secondary N) is 2. The van der Waals surface area contributed by atoms with Gasteiger partial charge < -0.3 is 10.6 Å². The van der Waals surface area contributed by atoms with Crippen molar-refractivity contribution < 1.29 is 4.79 Å². The lowest BCUT2D eigenvalue weighted by Crippen LogP contribution is -2.50. The Morgan fingerprint density at radius 1 is 1.44 bits per heavy atom. The molecule has 1 saturated heterocycles. The molecule has 1 aromatic rings. The van der Waals surface area contributed by atoms with Crippen LogP contribution in [0, 0.1) is 0 Å². The first-order chi connectivity index (χ1) is 8.46. The van der Waals surface area contributed by atoms with E-state index in [4.69, 9.17) is 0 Å². The van der Waals surface area contributed by atoms with Gasteiger partial charge in [-0.05, 0) is 52.3 Å². The van der Waals surface area contributed by atoms with Gasteiger partial charge in [-0.3, -0.25) is 4.79 Å². The summed E-state index contributed by atoms with van der Waals surface area (Å²) < 4.78 is 0. The topological polar surface area (TPSA) is 41.1 Å². The van der Waals surface area contributed by atoms with Gasteiger partial charge in [-0.1, -0.05) is 12.1 Å². The Morgan fingerprint density at radius 3 is 2.89 bits per heavy atom. The molecule has 0 aromatic heterocycles. The molecular weight excluding hydrogens is 224 g/mol. The lowest BCUT2D eigenvalue weighted by atomic mass is 9.89. The van der Waals surface area contributed by atoms with Gasteiger partial charge in [0.05, 0.1) is 0 Å². The number of ketones is 1. The molecule has 18 heavy (non-hydrogen) atoms. The second-order valence-corrected chi connectivity index (χ2v) is 5.78. The van der Waals surface area contributed by atoms with Crippen molar-refractivity contribution in [1.29, 1.82) is 0 Å². The number of rotatable bonds is 3. The Morgan fingerprint density at radius 2 is 2.22 bits per heavy atom. The van der Waals surface area contributed by atoms with Gasteiger partial charge in [-0.25, -0.2) is 0 Å². The van der Waals surface area contributed by atoms with E-state index in [0.717, 1.165) is 30.6 Å². The van der Waals surface area contributed by atoms with Crippen LogP contribution in [0.25, 0.3) is 0 Å². The standard InChI is InChI=1S/C15H22N2O/c1-11(18)12-5-4-6-13(9-12)17-14-7-8-16-15(2,3)10-14/h4-6,9,14,16-17H,7-8,10H2,1-3H3. The predicted octanol–water partition coefficient (Wildman–Crippen LogP) is 2.83. The lowest BCUT2D eigenvalue weighted by Gasteiger charge is -2.37. The van der Waals surface area contributed by atoms with Gasteiger partial charge in [0.15, 0.2) is 5.78 Å². The Kier molecular flexibility index (Phi) is 3.71. The van der Waals surface area contributed by atoms with Crippen LogP contribution >= 0.6 is 0 Å². The summed E-state index contributed by atoms with van der Waals surface area (Å²) in [7, 11) is 0. The van der Waals surface area contributed by atoms with Crippen LogP contribution in [0.15, 0.2) is 24.3 Å². The Labute approximate surface area is 109 Å². The fraction of sp³-hybridized carbons (Fsp3) is 0.533. The van der Waals surface area contributed by atoms with E-state index in [1.807, 2.05) is 24.3 Å². The summed E-state index contributed by atoms with van der Waals surface area (Å²) in [6.07, 6.45) is 2.21. The van der Waals surface area contributed by atoms with E-state index in [-0.39, 0.29) is 11.3 Å². The molecule has 98 valence electrons. The highest BCUT2D eigenvalue weighted by Gasteiger charge is 2.27. The van der Waals surface area contributed by atoms with E-state index >= 15 is 0 Å². The molecule has 0 amide bonds. The Hall–Kier alpha value is -1.35. The van der Waals surface area contributed by atoms with Crippen molar-refractivity contribution in [3.63, 3.8) is 0 Å². The molecule has 2 rings (SSSR count). The van der Waals surface area contributed by atoms with Crippen LogP contribution in [0.3, 0.4) is 0 Å². The second kappa shape index (κ2) is 5.11. The monoisotopic (exact) mass is 246 g/mol. The van der Waals surface area contributed by atoms with Crippen molar-refractivity contribution in [2.75, 3.05) is 11.9 Å². The quantitative estimate of drug-likeness (QED) is 0.806. The number of Topliss-reactive ketones (excluding diaryl/α,β-unsaturated/α-hetero) is 1. The first kappa shape index (κ1) is 13.1. The zero-order valence-electron chi connectivity index (χ0n) is 11.4. The number of hydrogen-bond donors (Lipinski definition) is 2. The molecular formula is C15H22N2O. The molecule has 1 aliphatic rings. The highest BCUT2D eigenvalue weighted by atomic mass is 16.1. The molecule has 0 radical (unpaired) electrons.